The van der Waals surface area contributed by atoms with Gasteiger partial charge in [0.2, 0.25) is 5.91 Å². The van der Waals surface area contributed by atoms with Crippen molar-refractivity contribution in [3.8, 4) is 5.69 Å². The molecule has 5 nitrogen and oxygen atoms in total. The van der Waals surface area contributed by atoms with Crippen molar-refractivity contribution in [2.75, 3.05) is 12.3 Å². The maximum absolute atomic E-state index is 13.2. The highest BCUT2D eigenvalue weighted by Crippen LogP contribution is 2.24. The van der Waals surface area contributed by atoms with Gasteiger partial charge in [-0.25, -0.2) is 4.98 Å². The summed E-state index contributed by atoms with van der Waals surface area (Å²) in [5, 5.41) is 4.74. The molecule has 164 valence electrons. The average molecular weight is 458 g/mol. The fraction of sp³-hybridized carbons (Fsp3) is 0.375. The van der Waals surface area contributed by atoms with Crippen molar-refractivity contribution in [2.24, 2.45) is 5.92 Å². The Hall–Kier alpha value is -2.31. The molecule has 0 radical (unpaired) electrons. The summed E-state index contributed by atoms with van der Waals surface area (Å²) in [5.41, 5.74) is 1.26. The zero-order chi connectivity index (χ0) is 22.2. The molecule has 3 rings (SSSR count). The zero-order valence-electron chi connectivity index (χ0n) is 17.9. The summed E-state index contributed by atoms with van der Waals surface area (Å²) in [4.78, 5) is 29.9. The van der Waals surface area contributed by atoms with Gasteiger partial charge in [-0.05, 0) is 55.5 Å². The number of carbonyl (C=O) groups excluding carboxylic acids is 1. The van der Waals surface area contributed by atoms with Crippen LogP contribution in [0.1, 0.15) is 39.5 Å². The lowest BCUT2D eigenvalue weighted by Gasteiger charge is -2.13. The third-order valence-electron chi connectivity index (χ3n) is 4.88. The Bertz CT molecular complexity index is 1100. The average Bonchev–Trinajstić information content (AvgIpc) is 2.73. The van der Waals surface area contributed by atoms with Crippen LogP contribution < -0.4 is 10.9 Å². The largest absolute Gasteiger partial charge is 0.356 e. The van der Waals surface area contributed by atoms with E-state index in [1.54, 1.807) is 22.8 Å². The lowest BCUT2D eigenvalue weighted by Crippen LogP contribution is -2.24. The van der Waals surface area contributed by atoms with Gasteiger partial charge in [0, 0.05) is 23.7 Å². The number of benzene rings is 2. The molecule has 0 atom stereocenters. The number of para-hydroxylation sites is 1. The minimum Gasteiger partial charge on any atom is -0.356 e. The molecule has 0 spiro atoms. The first kappa shape index (κ1) is 23.4. The fourth-order valence-electron chi connectivity index (χ4n) is 3.19. The summed E-state index contributed by atoms with van der Waals surface area (Å²) in [7, 11) is 0. The van der Waals surface area contributed by atoms with Crippen LogP contribution in [0.15, 0.2) is 58.5 Å². The molecule has 7 heteroatoms. The van der Waals surface area contributed by atoms with E-state index in [2.05, 4.69) is 19.2 Å². The van der Waals surface area contributed by atoms with Gasteiger partial charge >= 0.3 is 0 Å². The van der Waals surface area contributed by atoms with Crippen molar-refractivity contribution < 1.29 is 4.79 Å². The monoisotopic (exact) mass is 457 g/mol. The molecule has 1 aromatic heterocycles. The number of halogens is 1. The van der Waals surface area contributed by atoms with Crippen molar-refractivity contribution in [3.63, 3.8) is 0 Å². The van der Waals surface area contributed by atoms with E-state index in [1.807, 2.05) is 30.3 Å². The van der Waals surface area contributed by atoms with Gasteiger partial charge in [0.25, 0.3) is 5.56 Å². The summed E-state index contributed by atoms with van der Waals surface area (Å²) in [5.74, 6) is 1.46. The van der Waals surface area contributed by atoms with Gasteiger partial charge in [0.15, 0.2) is 5.16 Å². The highest BCUT2D eigenvalue weighted by molar-refractivity contribution is 7.99. The van der Waals surface area contributed by atoms with E-state index in [0.717, 1.165) is 31.6 Å². The lowest BCUT2D eigenvalue weighted by molar-refractivity contribution is -0.121. The molecule has 0 aliphatic heterocycles. The predicted molar refractivity (Wildman–Crippen MR) is 129 cm³/mol. The number of carbonyl (C=O) groups is 1. The number of nitrogens with one attached hydrogen (secondary N) is 1. The second kappa shape index (κ2) is 11.3. The Morgan fingerprint density at radius 2 is 1.97 bits per heavy atom. The number of hydrogen-bond donors (Lipinski definition) is 1. The fourth-order valence-corrected chi connectivity index (χ4v) is 4.39. The maximum Gasteiger partial charge on any atom is 0.266 e. The Morgan fingerprint density at radius 3 is 2.74 bits per heavy atom. The Balaban J connectivity index is 1.68. The van der Waals surface area contributed by atoms with Crippen LogP contribution in [0.25, 0.3) is 16.6 Å². The molecule has 1 heterocycles. The molecule has 0 aliphatic rings. The first-order valence-electron chi connectivity index (χ1n) is 10.6. The molecule has 0 fully saturated rings. The van der Waals surface area contributed by atoms with Crippen LogP contribution in [-0.4, -0.2) is 27.8 Å². The normalized spacial score (nSPS) is 11.2. The Labute approximate surface area is 192 Å². The highest BCUT2D eigenvalue weighted by atomic mass is 35.5. The molecule has 0 unspecified atom stereocenters. The maximum atomic E-state index is 13.2. The van der Waals surface area contributed by atoms with Crippen LogP contribution >= 0.6 is 23.4 Å². The molecule has 0 saturated carbocycles. The van der Waals surface area contributed by atoms with Crippen LogP contribution in [0.4, 0.5) is 0 Å². The third kappa shape index (κ3) is 6.58. The summed E-state index contributed by atoms with van der Waals surface area (Å²) < 4.78 is 1.62. The topological polar surface area (TPSA) is 64.0 Å². The van der Waals surface area contributed by atoms with Crippen LogP contribution in [0.3, 0.4) is 0 Å². The van der Waals surface area contributed by atoms with E-state index in [0.29, 0.717) is 39.1 Å². The molecule has 2 aromatic carbocycles. The van der Waals surface area contributed by atoms with Crippen LogP contribution in [-0.2, 0) is 4.79 Å². The first-order chi connectivity index (χ1) is 15.0. The second-order valence-electron chi connectivity index (χ2n) is 7.87. The van der Waals surface area contributed by atoms with E-state index < -0.39 is 0 Å². The molecule has 3 aromatic rings. The van der Waals surface area contributed by atoms with Gasteiger partial charge in [0.1, 0.15) is 0 Å². The number of aromatic nitrogens is 2. The molecule has 0 saturated heterocycles. The van der Waals surface area contributed by atoms with Crippen LogP contribution in [0.5, 0.6) is 0 Å². The molecular formula is C24H28ClN3O2S. The van der Waals surface area contributed by atoms with E-state index in [-0.39, 0.29) is 11.5 Å². The number of fused-ring (bicyclic) bond motifs is 1. The van der Waals surface area contributed by atoms with Crippen molar-refractivity contribution in [1.82, 2.24) is 14.9 Å². The van der Waals surface area contributed by atoms with Gasteiger partial charge in [-0.2, -0.15) is 0 Å². The molecule has 1 N–H and O–H groups in total. The predicted octanol–water partition coefficient (Wildman–Crippen LogP) is 5.46. The van der Waals surface area contributed by atoms with E-state index in [4.69, 9.17) is 16.6 Å². The van der Waals surface area contributed by atoms with Crippen molar-refractivity contribution in [3.05, 3.63) is 63.9 Å². The molecule has 1 amide bonds. The van der Waals surface area contributed by atoms with Gasteiger partial charge < -0.3 is 5.32 Å². The minimum absolute atomic E-state index is 0.102. The summed E-state index contributed by atoms with van der Waals surface area (Å²) >= 11 is 7.69. The van der Waals surface area contributed by atoms with Crippen molar-refractivity contribution in [1.29, 1.82) is 0 Å². The number of unbranched alkanes of at least 4 members (excludes halogenated alkanes) is 1. The Kier molecular flexibility index (Phi) is 8.55. The number of amides is 1. The zero-order valence-corrected chi connectivity index (χ0v) is 19.5. The SMILES string of the molecule is CC(C)CCNC(=O)CCCCSc1nc2ccccc2c(=O)n1-c1cccc(Cl)c1. The van der Waals surface area contributed by atoms with Crippen molar-refractivity contribution in [2.45, 2.75) is 44.7 Å². The van der Waals surface area contributed by atoms with E-state index >= 15 is 0 Å². The quantitative estimate of drug-likeness (QED) is 0.249. The Morgan fingerprint density at radius 1 is 1.16 bits per heavy atom. The molecule has 31 heavy (non-hydrogen) atoms. The smallest absolute Gasteiger partial charge is 0.266 e. The third-order valence-corrected chi connectivity index (χ3v) is 6.14. The number of rotatable bonds is 10. The molecule has 0 aliphatic carbocycles. The van der Waals surface area contributed by atoms with Gasteiger partial charge in [-0.1, -0.05) is 55.4 Å². The number of hydrogen-bond acceptors (Lipinski definition) is 4. The van der Waals surface area contributed by atoms with Crippen molar-refractivity contribution >= 4 is 40.2 Å². The number of thioether (sulfide) groups is 1. The standard InChI is InChI=1S/C24H28ClN3O2S/c1-17(2)13-14-26-22(29)12-5-6-15-31-24-27-21-11-4-3-10-20(21)23(30)28(24)19-9-7-8-18(25)16-19/h3-4,7-11,16-17H,5-6,12-15H2,1-2H3,(H,26,29). The van der Waals surface area contributed by atoms with Gasteiger partial charge in [0.05, 0.1) is 16.6 Å². The molecule has 0 bridgehead atoms. The highest BCUT2D eigenvalue weighted by Gasteiger charge is 2.13. The summed E-state index contributed by atoms with van der Waals surface area (Å²) in [6, 6.07) is 14.6. The van der Waals surface area contributed by atoms with Gasteiger partial charge in [-0.3, -0.25) is 14.2 Å². The van der Waals surface area contributed by atoms with Crippen LogP contribution in [0.2, 0.25) is 5.02 Å². The first-order valence-corrected chi connectivity index (χ1v) is 12.0. The molecular weight excluding hydrogens is 430 g/mol. The van der Waals surface area contributed by atoms with E-state index in [9.17, 15) is 9.59 Å². The summed E-state index contributed by atoms with van der Waals surface area (Å²) in [6.45, 7) is 5.03. The minimum atomic E-state index is -0.111. The van der Waals surface area contributed by atoms with Gasteiger partial charge in [-0.15, -0.1) is 0 Å². The number of nitrogens with zero attached hydrogens (tertiary/aromatic N) is 2. The van der Waals surface area contributed by atoms with Crippen LogP contribution in [0, 0.1) is 5.92 Å². The summed E-state index contributed by atoms with van der Waals surface area (Å²) in [6.07, 6.45) is 3.18. The second-order valence-corrected chi connectivity index (χ2v) is 9.37. The van der Waals surface area contributed by atoms with E-state index in [1.165, 1.54) is 11.8 Å². The lowest BCUT2D eigenvalue weighted by atomic mass is 10.1.